The lowest BCUT2D eigenvalue weighted by atomic mass is 10.2. The van der Waals surface area contributed by atoms with Crippen LogP contribution in [-0.2, 0) is 0 Å². The zero-order chi connectivity index (χ0) is 7.84. The molecule has 11 heavy (non-hydrogen) atoms. The first-order valence-corrected chi connectivity index (χ1v) is 4.37. The summed E-state index contributed by atoms with van der Waals surface area (Å²) < 4.78 is 0. The van der Waals surface area contributed by atoms with Gasteiger partial charge in [0.1, 0.15) is 5.84 Å². The number of hydrogen-bond donors (Lipinski definition) is 1. The number of hydrogen-bond acceptors (Lipinski definition) is 3. The summed E-state index contributed by atoms with van der Waals surface area (Å²) in [5, 5.41) is 6.42. The molecule has 0 radical (unpaired) electrons. The Hall–Kier alpha value is -0.730. The fourth-order valence-electron chi connectivity index (χ4n) is 1.61. The summed E-state index contributed by atoms with van der Waals surface area (Å²) in [6, 6.07) is 0.621. The molecule has 3 heteroatoms. The number of nitrogens with two attached hydrogens (primary N) is 1. The molecule has 1 aliphatic heterocycles. The highest BCUT2D eigenvalue weighted by Crippen LogP contribution is 2.35. The number of amidine groups is 1. The van der Waals surface area contributed by atoms with Crippen molar-refractivity contribution in [3.05, 3.63) is 0 Å². The molecule has 2 N–H and O–H groups in total. The molecular formula is C8H15N3. The molecule has 1 saturated carbocycles. The SMILES string of the molecule is CC(C1CC1)N1CCC(N)=N1. The maximum absolute atomic E-state index is 5.59. The molecule has 0 aromatic rings. The molecule has 1 fully saturated rings. The van der Waals surface area contributed by atoms with E-state index in [2.05, 4.69) is 17.0 Å². The van der Waals surface area contributed by atoms with Crippen LogP contribution >= 0.6 is 0 Å². The zero-order valence-corrected chi connectivity index (χ0v) is 6.95. The summed E-state index contributed by atoms with van der Waals surface area (Å²) in [5.74, 6) is 1.70. The molecule has 3 nitrogen and oxygen atoms in total. The number of nitrogens with zero attached hydrogens (tertiary/aromatic N) is 2. The van der Waals surface area contributed by atoms with Crippen LogP contribution in [0.1, 0.15) is 26.2 Å². The van der Waals surface area contributed by atoms with Crippen molar-refractivity contribution in [2.24, 2.45) is 16.8 Å². The third-order valence-electron chi connectivity index (χ3n) is 2.63. The average Bonchev–Trinajstić information content (AvgIpc) is 2.74. The molecular weight excluding hydrogens is 138 g/mol. The van der Waals surface area contributed by atoms with E-state index in [0.717, 1.165) is 24.7 Å². The van der Waals surface area contributed by atoms with Crippen LogP contribution in [0.25, 0.3) is 0 Å². The van der Waals surface area contributed by atoms with Crippen LogP contribution < -0.4 is 5.73 Å². The predicted octanol–water partition coefficient (Wildman–Crippen LogP) is 0.763. The fraction of sp³-hybridized carbons (Fsp3) is 0.875. The van der Waals surface area contributed by atoms with E-state index in [-0.39, 0.29) is 0 Å². The minimum Gasteiger partial charge on any atom is -0.386 e. The summed E-state index contributed by atoms with van der Waals surface area (Å²) in [6.07, 6.45) is 3.72. The van der Waals surface area contributed by atoms with Crippen LogP contribution in [0.5, 0.6) is 0 Å². The Bertz CT molecular complexity index is 184. The van der Waals surface area contributed by atoms with Gasteiger partial charge < -0.3 is 5.73 Å². The molecule has 1 heterocycles. The molecule has 1 aliphatic carbocycles. The Labute approximate surface area is 67.2 Å². The molecule has 0 aromatic heterocycles. The van der Waals surface area contributed by atoms with Gasteiger partial charge in [0.05, 0.1) is 0 Å². The average molecular weight is 153 g/mol. The maximum atomic E-state index is 5.59. The lowest BCUT2D eigenvalue weighted by Gasteiger charge is -2.21. The van der Waals surface area contributed by atoms with Gasteiger partial charge in [-0.15, -0.1) is 0 Å². The second kappa shape index (κ2) is 2.40. The van der Waals surface area contributed by atoms with Crippen molar-refractivity contribution >= 4 is 5.84 Å². The minimum absolute atomic E-state index is 0.621. The van der Waals surface area contributed by atoms with Crippen LogP contribution in [0.3, 0.4) is 0 Å². The molecule has 0 aromatic carbocycles. The van der Waals surface area contributed by atoms with Crippen molar-refractivity contribution in [2.45, 2.75) is 32.2 Å². The Morgan fingerprint density at radius 2 is 2.36 bits per heavy atom. The van der Waals surface area contributed by atoms with Crippen LogP contribution in [0.2, 0.25) is 0 Å². The fourth-order valence-corrected chi connectivity index (χ4v) is 1.61. The monoisotopic (exact) mass is 153 g/mol. The van der Waals surface area contributed by atoms with E-state index in [9.17, 15) is 0 Å². The molecule has 62 valence electrons. The molecule has 2 rings (SSSR count). The molecule has 1 atom stereocenters. The van der Waals surface area contributed by atoms with Gasteiger partial charge in [-0.3, -0.25) is 5.01 Å². The van der Waals surface area contributed by atoms with Crippen LogP contribution in [-0.4, -0.2) is 23.4 Å². The van der Waals surface area contributed by atoms with E-state index in [1.165, 1.54) is 12.8 Å². The lowest BCUT2D eigenvalue weighted by molar-refractivity contribution is 0.219. The van der Waals surface area contributed by atoms with Gasteiger partial charge in [0.25, 0.3) is 0 Å². The Balaban J connectivity index is 1.94. The first-order valence-electron chi connectivity index (χ1n) is 4.37. The van der Waals surface area contributed by atoms with E-state index < -0.39 is 0 Å². The zero-order valence-electron chi connectivity index (χ0n) is 6.95. The summed E-state index contributed by atoms with van der Waals surface area (Å²) >= 11 is 0. The van der Waals surface area contributed by atoms with Gasteiger partial charge in [0, 0.05) is 19.0 Å². The van der Waals surface area contributed by atoms with Gasteiger partial charge in [0.2, 0.25) is 0 Å². The lowest BCUT2D eigenvalue weighted by Crippen LogP contribution is -2.27. The molecule has 0 amide bonds. The van der Waals surface area contributed by atoms with E-state index in [4.69, 9.17) is 5.73 Å². The summed E-state index contributed by atoms with van der Waals surface area (Å²) in [7, 11) is 0. The second-order valence-corrected chi connectivity index (χ2v) is 3.58. The topological polar surface area (TPSA) is 41.6 Å². The summed E-state index contributed by atoms with van der Waals surface area (Å²) in [5.41, 5.74) is 5.59. The van der Waals surface area contributed by atoms with Crippen molar-refractivity contribution in [1.82, 2.24) is 5.01 Å². The van der Waals surface area contributed by atoms with Gasteiger partial charge in [0.15, 0.2) is 0 Å². The molecule has 0 spiro atoms. The Kier molecular flexibility index (Phi) is 1.51. The van der Waals surface area contributed by atoms with Gasteiger partial charge >= 0.3 is 0 Å². The maximum Gasteiger partial charge on any atom is 0.121 e. The van der Waals surface area contributed by atoms with Gasteiger partial charge in [-0.05, 0) is 25.7 Å². The minimum atomic E-state index is 0.621. The Morgan fingerprint density at radius 3 is 2.82 bits per heavy atom. The van der Waals surface area contributed by atoms with Gasteiger partial charge in [-0.1, -0.05) is 0 Å². The molecule has 2 aliphatic rings. The van der Waals surface area contributed by atoms with Crippen molar-refractivity contribution in [3.8, 4) is 0 Å². The van der Waals surface area contributed by atoms with Gasteiger partial charge in [-0.25, -0.2) is 0 Å². The summed E-state index contributed by atoms with van der Waals surface area (Å²) in [6.45, 7) is 3.28. The largest absolute Gasteiger partial charge is 0.386 e. The van der Waals surface area contributed by atoms with Gasteiger partial charge in [-0.2, -0.15) is 5.10 Å². The van der Waals surface area contributed by atoms with E-state index >= 15 is 0 Å². The predicted molar refractivity (Wildman–Crippen MR) is 45.1 cm³/mol. The quantitative estimate of drug-likeness (QED) is 0.636. The van der Waals surface area contributed by atoms with Crippen molar-refractivity contribution in [2.75, 3.05) is 6.54 Å². The van der Waals surface area contributed by atoms with E-state index in [1.807, 2.05) is 0 Å². The molecule has 0 bridgehead atoms. The third kappa shape index (κ3) is 1.32. The van der Waals surface area contributed by atoms with E-state index in [0.29, 0.717) is 6.04 Å². The third-order valence-corrected chi connectivity index (χ3v) is 2.63. The van der Waals surface area contributed by atoms with Crippen molar-refractivity contribution in [1.29, 1.82) is 0 Å². The van der Waals surface area contributed by atoms with E-state index in [1.54, 1.807) is 0 Å². The highest BCUT2D eigenvalue weighted by molar-refractivity contribution is 5.81. The van der Waals surface area contributed by atoms with Crippen LogP contribution in [0.4, 0.5) is 0 Å². The highest BCUT2D eigenvalue weighted by Gasteiger charge is 2.32. The highest BCUT2D eigenvalue weighted by atomic mass is 15.5. The number of rotatable bonds is 2. The van der Waals surface area contributed by atoms with Crippen LogP contribution in [0, 0.1) is 5.92 Å². The summed E-state index contributed by atoms with van der Waals surface area (Å²) in [4.78, 5) is 0. The molecule has 1 unspecified atom stereocenters. The standard InChI is InChI=1S/C8H15N3/c1-6(7-2-3-7)11-5-4-8(9)10-11/h6-7H,2-5H2,1H3,(H2,9,10). The smallest absolute Gasteiger partial charge is 0.121 e. The second-order valence-electron chi connectivity index (χ2n) is 3.58. The van der Waals surface area contributed by atoms with Crippen molar-refractivity contribution in [3.63, 3.8) is 0 Å². The Morgan fingerprint density at radius 1 is 1.64 bits per heavy atom. The molecule has 0 saturated heterocycles. The van der Waals surface area contributed by atoms with Crippen LogP contribution in [0.15, 0.2) is 5.10 Å². The van der Waals surface area contributed by atoms with Crippen molar-refractivity contribution < 1.29 is 0 Å². The first-order chi connectivity index (χ1) is 5.27. The number of hydrazone groups is 1. The normalized spacial score (nSPS) is 27.0. The first kappa shape index (κ1) is 6.95.